The van der Waals surface area contributed by atoms with E-state index in [1.165, 1.54) is 32.2 Å². The number of likely N-dealkylation sites (tertiary alicyclic amines) is 1. The predicted molar refractivity (Wildman–Crippen MR) is 96.0 cm³/mol. The lowest BCUT2D eigenvalue weighted by Crippen LogP contribution is -2.40. The molecule has 2 aromatic rings. The van der Waals surface area contributed by atoms with Gasteiger partial charge in [-0.05, 0) is 69.4 Å². The number of oxazole rings is 1. The molecule has 1 atom stereocenters. The van der Waals surface area contributed by atoms with E-state index in [0.29, 0.717) is 10.9 Å². The molecule has 0 amide bonds. The largest absolute Gasteiger partial charge is 0.444 e. The van der Waals surface area contributed by atoms with Crippen LogP contribution in [0, 0.1) is 5.92 Å². The highest BCUT2D eigenvalue weighted by molar-refractivity contribution is 6.30. The van der Waals surface area contributed by atoms with Crippen LogP contribution in [0.25, 0.3) is 11.5 Å². The van der Waals surface area contributed by atoms with Crippen LogP contribution in [0.3, 0.4) is 0 Å². The number of hydrogen-bond acceptors (Lipinski definition) is 4. The number of nitrogens with zero attached hydrogens (tertiary/aromatic N) is 2. The minimum atomic E-state index is 0.651. The molecule has 4 nitrogen and oxygen atoms in total. The number of aromatic nitrogens is 1. The van der Waals surface area contributed by atoms with Gasteiger partial charge in [0.15, 0.2) is 0 Å². The maximum Gasteiger partial charge on any atom is 0.226 e. The molecule has 0 radical (unpaired) electrons. The molecule has 2 aliphatic rings. The predicted octanol–water partition coefficient (Wildman–Crippen LogP) is 3.96. The van der Waals surface area contributed by atoms with Crippen molar-refractivity contribution in [2.24, 2.45) is 5.92 Å². The Bertz CT molecular complexity index is 673. The van der Waals surface area contributed by atoms with Crippen molar-refractivity contribution in [2.45, 2.75) is 38.3 Å². The molecule has 0 saturated carbocycles. The molecule has 1 aromatic carbocycles. The summed E-state index contributed by atoms with van der Waals surface area (Å²) in [5, 5.41) is 4.36. The molecule has 1 N–H and O–H groups in total. The number of benzene rings is 1. The number of halogens is 1. The van der Waals surface area contributed by atoms with Gasteiger partial charge in [-0.25, -0.2) is 4.98 Å². The fourth-order valence-corrected chi connectivity index (χ4v) is 4.18. The Morgan fingerprint density at radius 3 is 2.88 bits per heavy atom. The van der Waals surface area contributed by atoms with Gasteiger partial charge in [0, 0.05) is 23.2 Å². The molecular weight excluding hydrogens is 322 g/mol. The zero-order valence-corrected chi connectivity index (χ0v) is 14.6. The lowest BCUT2D eigenvalue weighted by molar-refractivity contribution is 0.156. The molecule has 1 aromatic heterocycles. The standard InChI is InChI=1S/C19H24ClN3O/c20-16-4-1-3-15(11-16)19-22-17(13-24-19)12-23-9-6-14(7-10-23)18-5-2-8-21-18/h1,3-4,11,13-14,18,21H,2,5-10,12H2. The van der Waals surface area contributed by atoms with Crippen LogP contribution >= 0.6 is 11.6 Å². The van der Waals surface area contributed by atoms with E-state index >= 15 is 0 Å². The Morgan fingerprint density at radius 2 is 2.12 bits per heavy atom. The van der Waals surface area contributed by atoms with Gasteiger partial charge < -0.3 is 9.73 Å². The Kier molecular flexibility index (Phi) is 4.88. The van der Waals surface area contributed by atoms with Crippen molar-refractivity contribution in [3.8, 4) is 11.5 Å². The van der Waals surface area contributed by atoms with E-state index < -0.39 is 0 Å². The zero-order valence-electron chi connectivity index (χ0n) is 13.9. The van der Waals surface area contributed by atoms with Gasteiger partial charge in [0.2, 0.25) is 5.89 Å². The van der Waals surface area contributed by atoms with Crippen molar-refractivity contribution in [3.63, 3.8) is 0 Å². The Balaban J connectivity index is 1.33. The van der Waals surface area contributed by atoms with Crippen LogP contribution in [0.1, 0.15) is 31.4 Å². The molecule has 24 heavy (non-hydrogen) atoms. The van der Waals surface area contributed by atoms with E-state index in [1.807, 2.05) is 24.3 Å². The highest BCUT2D eigenvalue weighted by atomic mass is 35.5. The van der Waals surface area contributed by atoms with E-state index in [4.69, 9.17) is 16.0 Å². The van der Waals surface area contributed by atoms with Crippen LogP contribution in [0.5, 0.6) is 0 Å². The number of piperidine rings is 1. The van der Waals surface area contributed by atoms with Crippen molar-refractivity contribution >= 4 is 11.6 Å². The fourth-order valence-electron chi connectivity index (χ4n) is 3.99. The minimum absolute atomic E-state index is 0.651. The molecule has 0 aliphatic carbocycles. The Hall–Kier alpha value is -1.36. The lowest BCUT2D eigenvalue weighted by atomic mass is 9.88. The van der Waals surface area contributed by atoms with Gasteiger partial charge in [-0.15, -0.1) is 0 Å². The van der Waals surface area contributed by atoms with E-state index in [9.17, 15) is 0 Å². The van der Waals surface area contributed by atoms with Crippen LogP contribution in [0.15, 0.2) is 34.9 Å². The Morgan fingerprint density at radius 1 is 1.25 bits per heavy atom. The molecule has 0 bridgehead atoms. The molecule has 3 heterocycles. The fraction of sp³-hybridized carbons (Fsp3) is 0.526. The highest BCUT2D eigenvalue weighted by Gasteiger charge is 2.28. The maximum absolute atomic E-state index is 6.04. The summed E-state index contributed by atoms with van der Waals surface area (Å²) in [6.45, 7) is 4.38. The first-order valence-corrected chi connectivity index (χ1v) is 9.32. The molecule has 2 fully saturated rings. The second-order valence-corrected chi connectivity index (χ2v) is 7.41. The minimum Gasteiger partial charge on any atom is -0.444 e. The molecule has 5 heteroatoms. The van der Waals surface area contributed by atoms with Gasteiger partial charge in [-0.3, -0.25) is 4.90 Å². The van der Waals surface area contributed by atoms with Crippen molar-refractivity contribution < 1.29 is 4.42 Å². The van der Waals surface area contributed by atoms with Crippen molar-refractivity contribution in [2.75, 3.05) is 19.6 Å². The van der Waals surface area contributed by atoms with Crippen LogP contribution < -0.4 is 5.32 Å². The second-order valence-electron chi connectivity index (χ2n) is 6.97. The summed E-state index contributed by atoms with van der Waals surface area (Å²) in [5.41, 5.74) is 1.93. The summed E-state index contributed by atoms with van der Waals surface area (Å²) in [6.07, 6.45) is 7.06. The van der Waals surface area contributed by atoms with Crippen LogP contribution in [-0.4, -0.2) is 35.6 Å². The molecule has 2 aliphatic heterocycles. The molecule has 4 rings (SSSR count). The molecule has 0 spiro atoms. The third-order valence-corrected chi connectivity index (χ3v) is 5.54. The van der Waals surface area contributed by atoms with E-state index in [1.54, 1.807) is 6.26 Å². The van der Waals surface area contributed by atoms with Gasteiger partial charge in [-0.1, -0.05) is 17.7 Å². The smallest absolute Gasteiger partial charge is 0.226 e. The average Bonchev–Trinajstić information content (AvgIpc) is 3.27. The normalized spacial score (nSPS) is 23.0. The van der Waals surface area contributed by atoms with Crippen molar-refractivity contribution in [3.05, 3.63) is 41.2 Å². The summed E-state index contributed by atoms with van der Waals surface area (Å²) in [7, 11) is 0. The van der Waals surface area contributed by atoms with E-state index in [0.717, 1.165) is 42.9 Å². The molecule has 128 valence electrons. The lowest BCUT2D eigenvalue weighted by Gasteiger charge is -2.34. The summed E-state index contributed by atoms with van der Waals surface area (Å²) in [4.78, 5) is 7.12. The maximum atomic E-state index is 6.04. The second kappa shape index (κ2) is 7.26. The topological polar surface area (TPSA) is 41.3 Å². The van der Waals surface area contributed by atoms with Gasteiger partial charge in [0.05, 0.1) is 5.69 Å². The summed E-state index contributed by atoms with van der Waals surface area (Å²) in [5.74, 6) is 1.50. The summed E-state index contributed by atoms with van der Waals surface area (Å²) >= 11 is 6.04. The Labute approximate surface area is 148 Å². The van der Waals surface area contributed by atoms with Gasteiger partial charge >= 0.3 is 0 Å². The quantitative estimate of drug-likeness (QED) is 0.910. The van der Waals surface area contributed by atoms with Crippen molar-refractivity contribution in [1.82, 2.24) is 15.2 Å². The van der Waals surface area contributed by atoms with Crippen molar-refractivity contribution in [1.29, 1.82) is 0 Å². The monoisotopic (exact) mass is 345 g/mol. The molecule has 2 saturated heterocycles. The van der Waals surface area contributed by atoms with Crippen LogP contribution in [0.4, 0.5) is 0 Å². The number of hydrogen-bond donors (Lipinski definition) is 1. The average molecular weight is 346 g/mol. The summed E-state index contributed by atoms with van der Waals surface area (Å²) in [6, 6.07) is 8.40. The van der Waals surface area contributed by atoms with E-state index in [2.05, 4.69) is 15.2 Å². The SMILES string of the molecule is Clc1cccc(-c2nc(CN3CCC(C4CCCN4)CC3)co2)c1. The summed E-state index contributed by atoms with van der Waals surface area (Å²) < 4.78 is 5.64. The molecule has 1 unspecified atom stereocenters. The molecular formula is C19H24ClN3O. The van der Waals surface area contributed by atoms with Gasteiger partial charge in [-0.2, -0.15) is 0 Å². The zero-order chi connectivity index (χ0) is 16.4. The van der Waals surface area contributed by atoms with Crippen LogP contribution in [-0.2, 0) is 6.54 Å². The first kappa shape index (κ1) is 16.1. The number of nitrogens with one attached hydrogen (secondary N) is 1. The van der Waals surface area contributed by atoms with Crippen LogP contribution in [0.2, 0.25) is 5.02 Å². The third-order valence-electron chi connectivity index (χ3n) is 5.31. The highest BCUT2D eigenvalue weighted by Crippen LogP contribution is 2.27. The number of rotatable bonds is 4. The third kappa shape index (κ3) is 3.66. The van der Waals surface area contributed by atoms with Gasteiger partial charge in [0.25, 0.3) is 0 Å². The first-order chi connectivity index (χ1) is 11.8. The first-order valence-electron chi connectivity index (χ1n) is 8.94. The van der Waals surface area contributed by atoms with E-state index in [-0.39, 0.29) is 0 Å². The van der Waals surface area contributed by atoms with Gasteiger partial charge in [0.1, 0.15) is 6.26 Å².